The number of amides is 1. The average Bonchev–Trinajstić information content (AvgIpc) is 2.61. The van der Waals surface area contributed by atoms with Crippen molar-refractivity contribution < 1.29 is 19.2 Å². The maximum atomic E-state index is 12.1. The van der Waals surface area contributed by atoms with Gasteiger partial charge in [0.25, 0.3) is 11.6 Å². The van der Waals surface area contributed by atoms with Gasteiger partial charge in [0.05, 0.1) is 25.4 Å². The highest BCUT2D eigenvalue weighted by molar-refractivity contribution is 5.95. The Morgan fingerprint density at radius 2 is 1.71 bits per heavy atom. The lowest BCUT2D eigenvalue weighted by molar-refractivity contribution is -0.384. The number of hydrazone groups is 1. The van der Waals surface area contributed by atoms with Crippen LogP contribution in [0.3, 0.4) is 0 Å². The number of ether oxygens (including phenoxy) is 2. The molecule has 0 aliphatic carbocycles. The molecule has 2 rings (SSSR count). The molecule has 2 aromatic rings. The maximum absolute atomic E-state index is 12.1. The molecule has 0 spiro atoms. The fourth-order valence-electron chi connectivity index (χ4n) is 1.85. The number of methoxy groups -OCH3 is 2. The molecule has 0 saturated heterocycles. The van der Waals surface area contributed by atoms with Crippen LogP contribution in [0, 0.1) is 10.1 Å². The molecule has 124 valence electrons. The molecule has 24 heavy (non-hydrogen) atoms. The van der Waals surface area contributed by atoms with E-state index in [-0.39, 0.29) is 5.69 Å². The molecule has 0 atom stereocenters. The number of hydrogen-bond donors (Lipinski definition) is 1. The summed E-state index contributed by atoms with van der Waals surface area (Å²) in [6.45, 7) is 0. The zero-order valence-electron chi connectivity index (χ0n) is 13.1. The van der Waals surface area contributed by atoms with Crippen LogP contribution in [0.5, 0.6) is 11.5 Å². The van der Waals surface area contributed by atoms with Crippen molar-refractivity contribution in [2.45, 2.75) is 0 Å². The Labute approximate surface area is 137 Å². The number of carbonyl (C=O) groups excluding carboxylic acids is 1. The molecule has 2 aromatic carbocycles. The predicted molar refractivity (Wildman–Crippen MR) is 87.7 cm³/mol. The van der Waals surface area contributed by atoms with Crippen molar-refractivity contribution >= 4 is 17.8 Å². The van der Waals surface area contributed by atoms with E-state index in [4.69, 9.17) is 9.47 Å². The van der Waals surface area contributed by atoms with E-state index in [1.165, 1.54) is 44.7 Å². The Morgan fingerprint density at radius 3 is 2.21 bits per heavy atom. The first-order valence-corrected chi connectivity index (χ1v) is 6.84. The SMILES string of the molecule is COc1cc(OC)cc(C(=O)N/N=C/c2ccc([N+](=O)[O-])cc2)c1. The number of hydrogen-bond acceptors (Lipinski definition) is 6. The topological polar surface area (TPSA) is 103 Å². The second-order valence-corrected chi connectivity index (χ2v) is 4.65. The van der Waals surface area contributed by atoms with Gasteiger partial charge in [-0.05, 0) is 29.8 Å². The predicted octanol–water partition coefficient (Wildman–Crippen LogP) is 2.38. The summed E-state index contributed by atoms with van der Waals surface area (Å²) in [6.07, 6.45) is 1.39. The van der Waals surface area contributed by atoms with Gasteiger partial charge in [0, 0.05) is 23.8 Å². The first kappa shape index (κ1) is 16.9. The lowest BCUT2D eigenvalue weighted by Gasteiger charge is -2.07. The highest BCUT2D eigenvalue weighted by Crippen LogP contribution is 2.22. The summed E-state index contributed by atoms with van der Waals surface area (Å²) in [5, 5.41) is 14.4. The molecule has 0 heterocycles. The second-order valence-electron chi connectivity index (χ2n) is 4.65. The van der Waals surface area contributed by atoms with Crippen LogP contribution in [0.15, 0.2) is 47.6 Å². The van der Waals surface area contributed by atoms with Gasteiger partial charge in [0.15, 0.2) is 0 Å². The van der Waals surface area contributed by atoms with Crippen LogP contribution < -0.4 is 14.9 Å². The quantitative estimate of drug-likeness (QED) is 0.498. The maximum Gasteiger partial charge on any atom is 0.271 e. The number of rotatable bonds is 6. The molecule has 0 unspecified atom stereocenters. The number of nitrogens with one attached hydrogen (secondary N) is 1. The number of benzene rings is 2. The van der Waals surface area contributed by atoms with Gasteiger partial charge in [0.2, 0.25) is 0 Å². The third kappa shape index (κ3) is 4.29. The summed E-state index contributed by atoms with van der Waals surface area (Å²) >= 11 is 0. The molecule has 8 heteroatoms. The molecule has 0 bridgehead atoms. The van der Waals surface area contributed by atoms with Crippen molar-refractivity contribution in [2.75, 3.05) is 14.2 Å². The van der Waals surface area contributed by atoms with Gasteiger partial charge < -0.3 is 9.47 Å². The fourth-order valence-corrected chi connectivity index (χ4v) is 1.85. The van der Waals surface area contributed by atoms with Crippen molar-refractivity contribution in [1.82, 2.24) is 5.43 Å². The summed E-state index contributed by atoms with van der Waals surface area (Å²) in [5.41, 5.74) is 3.30. The molecule has 0 radical (unpaired) electrons. The van der Waals surface area contributed by atoms with Crippen LogP contribution in [0.1, 0.15) is 15.9 Å². The summed E-state index contributed by atoms with van der Waals surface area (Å²) in [6, 6.07) is 10.5. The van der Waals surface area contributed by atoms with Crippen LogP contribution in [0.4, 0.5) is 5.69 Å². The third-order valence-electron chi connectivity index (χ3n) is 3.10. The minimum Gasteiger partial charge on any atom is -0.497 e. The number of nitro groups is 1. The van der Waals surface area contributed by atoms with E-state index >= 15 is 0 Å². The van der Waals surface area contributed by atoms with E-state index in [0.29, 0.717) is 22.6 Å². The normalized spacial score (nSPS) is 10.4. The molecular formula is C16H15N3O5. The summed E-state index contributed by atoms with van der Waals surface area (Å²) in [7, 11) is 2.98. The Bertz CT molecular complexity index is 750. The minimum atomic E-state index is -0.487. The van der Waals surface area contributed by atoms with Crippen LogP contribution >= 0.6 is 0 Å². The molecule has 8 nitrogen and oxygen atoms in total. The van der Waals surface area contributed by atoms with Gasteiger partial charge in [-0.25, -0.2) is 5.43 Å². The average molecular weight is 329 g/mol. The van der Waals surface area contributed by atoms with Crippen LogP contribution in [0.2, 0.25) is 0 Å². The number of nitrogens with zero attached hydrogens (tertiary/aromatic N) is 2. The van der Waals surface area contributed by atoms with Crippen molar-refractivity contribution in [3.63, 3.8) is 0 Å². The van der Waals surface area contributed by atoms with Gasteiger partial charge >= 0.3 is 0 Å². The van der Waals surface area contributed by atoms with E-state index in [9.17, 15) is 14.9 Å². The highest BCUT2D eigenvalue weighted by Gasteiger charge is 2.09. The van der Waals surface area contributed by atoms with E-state index in [2.05, 4.69) is 10.5 Å². The van der Waals surface area contributed by atoms with Gasteiger partial charge in [-0.1, -0.05) is 0 Å². The Kier molecular flexibility index (Phi) is 5.45. The molecule has 1 N–H and O–H groups in total. The van der Waals surface area contributed by atoms with Crippen molar-refractivity contribution in [3.8, 4) is 11.5 Å². The van der Waals surface area contributed by atoms with Crippen LogP contribution in [0.25, 0.3) is 0 Å². The van der Waals surface area contributed by atoms with Gasteiger partial charge in [0.1, 0.15) is 11.5 Å². The van der Waals surface area contributed by atoms with Gasteiger partial charge in [-0.15, -0.1) is 0 Å². The lowest BCUT2D eigenvalue weighted by Crippen LogP contribution is -2.17. The zero-order chi connectivity index (χ0) is 17.5. The Hall–Kier alpha value is -3.42. The van der Waals surface area contributed by atoms with Crippen LogP contribution in [-0.4, -0.2) is 31.3 Å². The van der Waals surface area contributed by atoms with Crippen molar-refractivity contribution in [1.29, 1.82) is 0 Å². The van der Waals surface area contributed by atoms with E-state index < -0.39 is 10.8 Å². The standard InChI is InChI=1S/C16H15N3O5/c1-23-14-7-12(8-15(9-14)24-2)16(20)18-17-10-11-3-5-13(6-4-11)19(21)22/h3-10H,1-2H3,(H,18,20)/b17-10+. The smallest absolute Gasteiger partial charge is 0.271 e. The Balaban J connectivity index is 2.05. The zero-order valence-corrected chi connectivity index (χ0v) is 13.1. The van der Waals surface area contributed by atoms with Gasteiger partial charge in [-0.3, -0.25) is 14.9 Å². The van der Waals surface area contributed by atoms with Crippen molar-refractivity contribution in [2.24, 2.45) is 5.10 Å². The summed E-state index contributed by atoms with van der Waals surface area (Å²) in [4.78, 5) is 22.2. The molecule has 0 saturated carbocycles. The third-order valence-corrected chi connectivity index (χ3v) is 3.10. The molecule has 0 fully saturated rings. The Morgan fingerprint density at radius 1 is 1.12 bits per heavy atom. The fraction of sp³-hybridized carbons (Fsp3) is 0.125. The van der Waals surface area contributed by atoms with Crippen molar-refractivity contribution in [3.05, 3.63) is 63.7 Å². The monoisotopic (exact) mass is 329 g/mol. The van der Waals surface area contributed by atoms with E-state index in [1.807, 2.05) is 0 Å². The minimum absolute atomic E-state index is 0.0142. The summed E-state index contributed by atoms with van der Waals surface area (Å²) in [5.74, 6) is 0.531. The van der Waals surface area contributed by atoms with Gasteiger partial charge in [-0.2, -0.15) is 5.10 Å². The number of nitro benzene ring substituents is 1. The first-order valence-electron chi connectivity index (χ1n) is 6.84. The molecular weight excluding hydrogens is 314 g/mol. The number of non-ortho nitro benzene ring substituents is 1. The first-order chi connectivity index (χ1) is 11.5. The van der Waals surface area contributed by atoms with E-state index in [0.717, 1.165) is 0 Å². The van der Waals surface area contributed by atoms with Crippen LogP contribution in [-0.2, 0) is 0 Å². The highest BCUT2D eigenvalue weighted by atomic mass is 16.6. The molecule has 0 aliphatic rings. The number of carbonyl (C=O) groups is 1. The molecule has 0 aromatic heterocycles. The summed E-state index contributed by atoms with van der Waals surface area (Å²) < 4.78 is 10.2. The lowest BCUT2D eigenvalue weighted by atomic mass is 10.2. The second kappa shape index (κ2) is 7.73. The molecule has 1 amide bonds. The largest absolute Gasteiger partial charge is 0.497 e. The molecule has 0 aliphatic heterocycles. The van der Waals surface area contributed by atoms with E-state index in [1.54, 1.807) is 18.2 Å².